The van der Waals surface area contributed by atoms with Crippen molar-refractivity contribution in [2.75, 3.05) is 19.0 Å². The van der Waals surface area contributed by atoms with E-state index >= 15 is 0 Å². The van der Waals surface area contributed by atoms with Crippen LogP contribution in [0.1, 0.15) is 5.56 Å². The SMILES string of the molecule is Cc1cc(S(=O)(=O)NC(=C(C#N)C#N)[n+]2ccc(N(C)C)cc2)c(S)cc1Cl. The molecule has 1 aromatic heterocycles. The summed E-state index contributed by atoms with van der Waals surface area (Å²) >= 11 is 10.2. The number of hydrogen-bond acceptors (Lipinski definition) is 6. The Bertz CT molecular complexity index is 1110. The van der Waals surface area contributed by atoms with Gasteiger partial charge in [-0.1, -0.05) is 11.6 Å². The van der Waals surface area contributed by atoms with Crippen LogP contribution >= 0.6 is 24.2 Å². The number of anilines is 1. The minimum absolute atomic E-state index is 0.115. The van der Waals surface area contributed by atoms with Crippen LogP contribution in [0.2, 0.25) is 5.02 Å². The Labute approximate surface area is 174 Å². The Balaban J connectivity index is 2.59. The topological polar surface area (TPSA) is 101 Å². The van der Waals surface area contributed by atoms with E-state index in [2.05, 4.69) is 17.4 Å². The van der Waals surface area contributed by atoms with E-state index in [0.29, 0.717) is 10.6 Å². The molecule has 2 aromatic rings. The number of rotatable bonds is 5. The molecule has 0 aliphatic heterocycles. The second-order valence-corrected chi connectivity index (χ2v) is 8.52. The summed E-state index contributed by atoms with van der Waals surface area (Å²) in [4.78, 5) is 1.89. The summed E-state index contributed by atoms with van der Waals surface area (Å²) in [5.74, 6) is -0.185. The molecule has 0 fully saturated rings. The van der Waals surface area contributed by atoms with Gasteiger partial charge in [-0.25, -0.2) is 4.57 Å². The Kier molecular flexibility index (Phi) is 6.57. The second kappa shape index (κ2) is 8.53. The zero-order valence-corrected chi connectivity index (χ0v) is 17.8. The van der Waals surface area contributed by atoms with Crippen LogP contribution < -0.4 is 14.2 Å². The number of nitrogens with zero attached hydrogens (tertiary/aromatic N) is 4. The monoisotopic (exact) mass is 434 g/mol. The number of sulfonamides is 1. The molecule has 0 atom stereocenters. The van der Waals surface area contributed by atoms with Crippen LogP contribution in [0, 0.1) is 29.6 Å². The maximum Gasteiger partial charge on any atom is 0.330 e. The first-order chi connectivity index (χ1) is 13.1. The summed E-state index contributed by atoms with van der Waals surface area (Å²) in [6, 6.07) is 9.67. The lowest BCUT2D eigenvalue weighted by molar-refractivity contribution is -0.584. The highest BCUT2D eigenvalue weighted by molar-refractivity contribution is 7.90. The predicted octanol–water partition coefficient (Wildman–Crippen LogP) is 2.48. The van der Waals surface area contributed by atoms with E-state index in [1.165, 1.54) is 16.7 Å². The fourth-order valence-corrected chi connectivity index (χ4v) is 4.30. The molecule has 144 valence electrons. The fourth-order valence-electron chi connectivity index (χ4n) is 2.27. The van der Waals surface area contributed by atoms with Gasteiger partial charge in [0.05, 0.1) is 12.4 Å². The third-order valence-electron chi connectivity index (χ3n) is 3.81. The van der Waals surface area contributed by atoms with Gasteiger partial charge in [0.15, 0.2) is 0 Å². The summed E-state index contributed by atoms with van der Waals surface area (Å²) in [6.07, 6.45) is 3.10. The maximum absolute atomic E-state index is 12.9. The van der Waals surface area contributed by atoms with E-state index in [4.69, 9.17) is 11.6 Å². The van der Waals surface area contributed by atoms with Crippen molar-refractivity contribution >= 4 is 45.8 Å². The summed E-state index contributed by atoms with van der Waals surface area (Å²) in [6.45, 7) is 1.66. The van der Waals surface area contributed by atoms with Crippen LogP contribution in [0.3, 0.4) is 0 Å². The first kappa shape index (κ1) is 21.6. The number of hydrogen-bond donors (Lipinski definition) is 2. The number of nitrogens with one attached hydrogen (secondary N) is 1. The summed E-state index contributed by atoms with van der Waals surface area (Å²) in [5.41, 5.74) is 1.02. The highest BCUT2D eigenvalue weighted by atomic mass is 35.5. The number of aromatic nitrogens is 1. The standard InChI is InChI=1S/C18H16ClN5O2S2/c1-12-8-17(16(27)9-15(12)19)28(25,26)22-18(13(10-20)11-21)24-6-4-14(5-7-24)23(2)3/h4-9,22H,1-3H3/p+1. The molecule has 2 rings (SSSR count). The Morgan fingerprint density at radius 1 is 1.21 bits per heavy atom. The lowest BCUT2D eigenvalue weighted by Crippen LogP contribution is -2.42. The van der Waals surface area contributed by atoms with Gasteiger partial charge in [-0.3, -0.25) is 0 Å². The van der Waals surface area contributed by atoms with E-state index < -0.39 is 15.6 Å². The highest BCUT2D eigenvalue weighted by Crippen LogP contribution is 2.27. The molecule has 0 unspecified atom stereocenters. The smallest absolute Gasteiger partial charge is 0.330 e. The number of pyridine rings is 1. The Morgan fingerprint density at radius 3 is 2.29 bits per heavy atom. The van der Waals surface area contributed by atoms with Crippen molar-refractivity contribution in [2.24, 2.45) is 0 Å². The Hall–Kier alpha value is -2.72. The minimum Gasteiger partial charge on any atom is -0.377 e. The van der Waals surface area contributed by atoms with Crippen LogP contribution in [-0.2, 0) is 10.0 Å². The molecule has 0 saturated carbocycles. The lowest BCUT2D eigenvalue weighted by atomic mass is 10.2. The number of benzene rings is 1. The number of halogens is 1. The van der Waals surface area contributed by atoms with Gasteiger partial charge in [0, 0.05) is 41.8 Å². The number of allylic oxidation sites excluding steroid dienone is 1. The van der Waals surface area contributed by atoms with Crippen LogP contribution in [0.5, 0.6) is 0 Å². The molecule has 0 bridgehead atoms. The number of thiol groups is 1. The lowest BCUT2D eigenvalue weighted by Gasteiger charge is -2.13. The molecule has 28 heavy (non-hydrogen) atoms. The van der Waals surface area contributed by atoms with Crippen LogP contribution in [0.4, 0.5) is 5.69 Å². The van der Waals surface area contributed by atoms with E-state index in [-0.39, 0.29) is 15.6 Å². The molecule has 10 heteroatoms. The molecule has 0 spiro atoms. The van der Waals surface area contributed by atoms with Gasteiger partial charge >= 0.3 is 15.8 Å². The third-order valence-corrected chi connectivity index (χ3v) is 6.11. The number of nitriles is 2. The molecule has 0 amide bonds. The molecule has 0 aliphatic carbocycles. The largest absolute Gasteiger partial charge is 0.377 e. The van der Waals surface area contributed by atoms with Crippen LogP contribution in [-0.4, -0.2) is 22.5 Å². The summed E-state index contributed by atoms with van der Waals surface area (Å²) in [5, 5.41) is 18.9. The van der Waals surface area contributed by atoms with Gasteiger partial charge in [-0.05, 0) is 24.6 Å². The van der Waals surface area contributed by atoms with E-state index in [1.807, 2.05) is 19.0 Å². The zero-order valence-electron chi connectivity index (χ0n) is 15.3. The molecular weight excluding hydrogens is 418 g/mol. The van der Waals surface area contributed by atoms with Gasteiger partial charge in [0.25, 0.3) is 0 Å². The molecule has 0 aliphatic rings. The third kappa shape index (κ3) is 4.57. The van der Waals surface area contributed by atoms with Crippen LogP contribution in [0.15, 0.2) is 52.0 Å². The molecule has 0 saturated heterocycles. The fraction of sp³-hybridized carbons (Fsp3) is 0.167. The zero-order chi connectivity index (χ0) is 21.1. The summed E-state index contributed by atoms with van der Waals surface area (Å²) < 4.78 is 29.6. The Morgan fingerprint density at radius 2 is 1.79 bits per heavy atom. The van der Waals surface area contributed by atoms with Crippen molar-refractivity contribution in [3.63, 3.8) is 0 Å². The minimum atomic E-state index is -4.15. The number of aryl methyl sites for hydroxylation is 1. The molecular formula is C18H17ClN5O2S2+. The summed E-state index contributed by atoms with van der Waals surface area (Å²) in [7, 11) is -0.439. The van der Waals surface area contributed by atoms with Crippen molar-refractivity contribution in [1.82, 2.24) is 4.72 Å². The average molecular weight is 435 g/mol. The normalized spacial score (nSPS) is 10.5. The van der Waals surface area contributed by atoms with Crippen LogP contribution in [0.25, 0.3) is 5.82 Å². The van der Waals surface area contributed by atoms with Gasteiger partial charge in [0.2, 0.25) is 5.57 Å². The molecule has 1 heterocycles. The van der Waals surface area contributed by atoms with Crippen molar-refractivity contribution in [2.45, 2.75) is 16.7 Å². The van der Waals surface area contributed by atoms with Crippen molar-refractivity contribution in [1.29, 1.82) is 10.5 Å². The highest BCUT2D eigenvalue weighted by Gasteiger charge is 2.29. The van der Waals surface area contributed by atoms with E-state index in [1.54, 1.807) is 43.6 Å². The predicted molar refractivity (Wildman–Crippen MR) is 109 cm³/mol. The van der Waals surface area contributed by atoms with Gasteiger partial charge in [-0.2, -0.15) is 23.7 Å². The van der Waals surface area contributed by atoms with Crippen molar-refractivity contribution in [3.8, 4) is 12.1 Å². The molecule has 0 radical (unpaired) electrons. The maximum atomic E-state index is 12.9. The quantitative estimate of drug-likeness (QED) is 0.427. The van der Waals surface area contributed by atoms with E-state index in [0.717, 1.165) is 5.69 Å². The molecule has 1 aromatic carbocycles. The molecule has 7 nitrogen and oxygen atoms in total. The first-order valence-electron chi connectivity index (χ1n) is 7.86. The van der Waals surface area contributed by atoms with Gasteiger partial charge in [-0.15, -0.1) is 12.6 Å². The van der Waals surface area contributed by atoms with Gasteiger partial charge < -0.3 is 4.90 Å². The van der Waals surface area contributed by atoms with Gasteiger partial charge in [0.1, 0.15) is 17.0 Å². The molecule has 1 N–H and O–H groups in total. The van der Waals surface area contributed by atoms with Crippen molar-refractivity contribution in [3.05, 3.63) is 52.8 Å². The second-order valence-electron chi connectivity index (χ2n) is 5.98. The van der Waals surface area contributed by atoms with E-state index in [9.17, 15) is 18.9 Å². The van der Waals surface area contributed by atoms with Crippen molar-refractivity contribution < 1.29 is 13.0 Å². The first-order valence-corrected chi connectivity index (χ1v) is 10.2. The average Bonchev–Trinajstić information content (AvgIpc) is 2.64.